The van der Waals surface area contributed by atoms with Gasteiger partial charge in [-0.1, -0.05) is 0 Å². The fourth-order valence-electron chi connectivity index (χ4n) is 2.61. The van der Waals surface area contributed by atoms with Crippen LogP contribution in [-0.2, 0) is 4.79 Å². The van der Waals surface area contributed by atoms with Crippen molar-refractivity contribution in [3.63, 3.8) is 0 Å². The maximum atomic E-state index is 13.6. The van der Waals surface area contributed by atoms with E-state index in [1.165, 1.54) is 24.0 Å². The van der Waals surface area contributed by atoms with Crippen molar-refractivity contribution in [1.29, 1.82) is 0 Å². The van der Waals surface area contributed by atoms with E-state index in [1.807, 2.05) is 0 Å². The van der Waals surface area contributed by atoms with Gasteiger partial charge in [0.1, 0.15) is 5.82 Å². The number of nitrogens with one attached hydrogen (secondary N) is 1. The van der Waals surface area contributed by atoms with Crippen molar-refractivity contribution >= 4 is 23.2 Å². The van der Waals surface area contributed by atoms with Gasteiger partial charge in [-0.15, -0.1) is 0 Å². The molecule has 0 spiro atoms. The summed E-state index contributed by atoms with van der Waals surface area (Å²) in [5.74, 6) is -3.78. The molecule has 0 bridgehead atoms. The summed E-state index contributed by atoms with van der Waals surface area (Å²) in [6.45, 7) is 1.39. The van der Waals surface area contributed by atoms with Gasteiger partial charge in [-0.2, -0.15) is 0 Å². The van der Waals surface area contributed by atoms with E-state index in [4.69, 9.17) is 0 Å². The Labute approximate surface area is 142 Å². The molecule has 0 aromatic heterocycles. The van der Waals surface area contributed by atoms with E-state index in [-0.39, 0.29) is 23.2 Å². The minimum absolute atomic E-state index is 0.0156. The van der Waals surface area contributed by atoms with E-state index in [9.17, 15) is 22.8 Å². The summed E-state index contributed by atoms with van der Waals surface area (Å²) in [6.07, 6.45) is 1.65. The molecule has 0 aliphatic heterocycles. The Morgan fingerprint density at radius 3 is 2.36 bits per heavy atom. The summed E-state index contributed by atoms with van der Waals surface area (Å²) in [5, 5.41) is 2.47. The molecule has 1 fully saturated rings. The van der Waals surface area contributed by atoms with Crippen molar-refractivity contribution in [2.45, 2.75) is 25.8 Å². The lowest BCUT2D eigenvalue weighted by Gasteiger charge is -2.24. The largest absolute Gasteiger partial charge is 0.320 e. The summed E-state index contributed by atoms with van der Waals surface area (Å²) in [4.78, 5) is 25.7. The lowest BCUT2D eigenvalue weighted by atomic mass is 10.1. The Kier molecular flexibility index (Phi) is 4.48. The van der Waals surface area contributed by atoms with Gasteiger partial charge in [0.2, 0.25) is 5.91 Å². The van der Waals surface area contributed by atoms with E-state index in [0.717, 1.165) is 37.1 Å². The molecule has 2 aromatic carbocycles. The quantitative estimate of drug-likeness (QED) is 0.912. The number of amides is 2. The monoisotopic (exact) mass is 348 g/mol. The number of nitrogens with zero attached hydrogens (tertiary/aromatic N) is 1. The average Bonchev–Trinajstić information content (AvgIpc) is 3.37. The van der Waals surface area contributed by atoms with Crippen molar-refractivity contribution in [2.24, 2.45) is 0 Å². The summed E-state index contributed by atoms with van der Waals surface area (Å²) >= 11 is 0. The summed E-state index contributed by atoms with van der Waals surface area (Å²) in [5.41, 5.74) is 0.346. The fraction of sp³-hybridized carbons (Fsp3) is 0.222. The van der Waals surface area contributed by atoms with Crippen LogP contribution >= 0.6 is 0 Å². The van der Waals surface area contributed by atoms with Gasteiger partial charge in [0.05, 0.1) is 11.4 Å². The molecule has 0 radical (unpaired) electrons. The van der Waals surface area contributed by atoms with Gasteiger partial charge in [-0.05, 0) is 49.2 Å². The minimum atomic E-state index is -1.16. The molecule has 3 rings (SSSR count). The highest BCUT2D eigenvalue weighted by molar-refractivity contribution is 6.07. The topological polar surface area (TPSA) is 49.4 Å². The van der Waals surface area contributed by atoms with Crippen LogP contribution in [0, 0.1) is 17.5 Å². The number of carbonyl (C=O) groups is 2. The van der Waals surface area contributed by atoms with E-state index in [2.05, 4.69) is 5.32 Å². The minimum Gasteiger partial charge on any atom is -0.320 e. The first-order valence-corrected chi connectivity index (χ1v) is 7.72. The third-order valence-electron chi connectivity index (χ3n) is 3.90. The Balaban J connectivity index is 1.93. The second-order valence-electron chi connectivity index (χ2n) is 5.86. The first kappa shape index (κ1) is 17.0. The Hall–Kier alpha value is -2.83. The molecule has 130 valence electrons. The van der Waals surface area contributed by atoms with Crippen LogP contribution in [0.4, 0.5) is 24.5 Å². The zero-order valence-corrected chi connectivity index (χ0v) is 13.4. The fourth-order valence-corrected chi connectivity index (χ4v) is 2.61. The Morgan fingerprint density at radius 1 is 1.04 bits per heavy atom. The van der Waals surface area contributed by atoms with Gasteiger partial charge in [-0.3, -0.25) is 9.59 Å². The van der Waals surface area contributed by atoms with E-state index >= 15 is 0 Å². The average molecular weight is 348 g/mol. The van der Waals surface area contributed by atoms with Crippen LogP contribution in [0.25, 0.3) is 0 Å². The molecule has 4 nitrogen and oxygen atoms in total. The molecule has 1 aliphatic rings. The number of carbonyl (C=O) groups excluding carboxylic acids is 2. The molecular weight excluding hydrogens is 333 g/mol. The second kappa shape index (κ2) is 6.58. The SMILES string of the molecule is CC(=O)N(c1ccc(F)cc1NC(=O)c1ccc(F)c(F)c1)C1CC1. The predicted octanol–water partition coefficient (Wildman–Crippen LogP) is 3.87. The van der Waals surface area contributed by atoms with Gasteiger partial charge >= 0.3 is 0 Å². The zero-order chi connectivity index (χ0) is 18.1. The Morgan fingerprint density at radius 2 is 1.76 bits per heavy atom. The molecule has 0 saturated heterocycles. The number of benzene rings is 2. The molecule has 0 atom stereocenters. The molecule has 1 saturated carbocycles. The molecule has 2 amide bonds. The number of anilines is 2. The van der Waals surface area contributed by atoms with Crippen LogP contribution in [0.2, 0.25) is 0 Å². The highest BCUT2D eigenvalue weighted by atomic mass is 19.2. The molecule has 1 N–H and O–H groups in total. The lowest BCUT2D eigenvalue weighted by molar-refractivity contribution is -0.116. The molecule has 2 aromatic rings. The normalized spacial score (nSPS) is 13.4. The zero-order valence-electron chi connectivity index (χ0n) is 13.4. The number of hydrogen-bond acceptors (Lipinski definition) is 2. The van der Waals surface area contributed by atoms with Crippen LogP contribution in [0.3, 0.4) is 0 Å². The van der Waals surface area contributed by atoms with Gasteiger partial charge in [0.15, 0.2) is 11.6 Å². The lowest BCUT2D eigenvalue weighted by Crippen LogP contribution is -2.31. The van der Waals surface area contributed by atoms with Crippen LogP contribution < -0.4 is 10.2 Å². The standard InChI is InChI=1S/C18H15F3N2O2/c1-10(24)23(13-4-5-13)17-7-3-12(19)9-16(17)22-18(25)11-2-6-14(20)15(21)8-11/h2-3,6-9,13H,4-5H2,1H3,(H,22,25). The van der Waals surface area contributed by atoms with Gasteiger partial charge in [0, 0.05) is 18.5 Å². The number of rotatable bonds is 4. The van der Waals surface area contributed by atoms with Gasteiger partial charge < -0.3 is 10.2 Å². The van der Waals surface area contributed by atoms with Crippen molar-refractivity contribution < 1.29 is 22.8 Å². The maximum Gasteiger partial charge on any atom is 0.255 e. The van der Waals surface area contributed by atoms with E-state index in [1.54, 1.807) is 0 Å². The third-order valence-corrected chi connectivity index (χ3v) is 3.90. The molecule has 0 unspecified atom stereocenters. The first-order chi connectivity index (χ1) is 11.9. The maximum absolute atomic E-state index is 13.6. The molecule has 1 aliphatic carbocycles. The van der Waals surface area contributed by atoms with Crippen molar-refractivity contribution in [1.82, 2.24) is 0 Å². The smallest absolute Gasteiger partial charge is 0.255 e. The van der Waals surface area contributed by atoms with Gasteiger partial charge in [-0.25, -0.2) is 13.2 Å². The van der Waals surface area contributed by atoms with Gasteiger partial charge in [0.25, 0.3) is 5.91 Å². The Bertz CT molecular complexity index is 850. The first-order valence-electron chi connectivity index (χ1n) is 7.72. The molecular formula is C18H15F3N2O2. The molecule has 7 heteroatoms. The summed E-state index contributed by atoms with van der Waals surface area (Å²) in [6, 6.07) is 6.43. The highest BCUT2D eigenvalue weighted by Crippen LogP contribution is 2.36. The van der Waals surface area contributed by atoms with Crippen LogP contribution in [0.15, 0.2) is 36.4 Å². The third kappa shape index (κ3) is 3.65. The van der Waals surface area contributed by atoms with Crippen LogP contribution in [0.1, 0.15) is 30.1 Å². The molecule has 0 heterocycles. The van der Waals surface area contributed by atoms with Crippen molar-refractivity contribution in [2.75, 3.05) is 10.2 Å². The number of halogens is 3. The van der Waals surface area contributed by atoms with Crippen LogP contribution in [0.5, 0.6) is 0 Å². The predicted molar refractivity (Wildman–Crippen MR) is 86.9 cm³/mol. The van der Waals surface area contributed by atoms with Crippen molar-refractivity contribution in [3.05, 3.63) is 59.4 Å². The summed E-state index contributed by atoms with van der Waals surface area (Å²) < 4.78 is 39.9. The van der Waals surface area contributed by atoms with E-state index in [0.29, 0.717) is 5.69 Å². The van der Waals surface area contributed by atoms with Crippen molar-refractivity contribution in [3.8, 4) is 0 Å². The molecule has 25 heavy (non-hydrogen) atoms. The summed E-state index contributed by atoms with van der Waals surface area (Å²) in [7, 11) is 0. The van der Waals surface area contributed by atoms with Crippen LogP contribution in [-0.4, -0.2) is 17.9 Å². The highest BCUT2D eigenvalue weighted by Gasteiger charge is 2.33. The van der Waals surface area contributed by atoms with E-state index < -0.39 is 23.4 Å². The number of hydrogen-bond donors (Lipinski definition) is 1. The second-order valence-corrected chi connectivity index (χ2v) is 5.86.